The van der Waals surface area contributed by atoms with Gasteiger partial charge in [-0.1, -0.05) is 0 Å². The van der Waals surface area contributed by atoms with Crippen molar-refractivity contribution in [3.63, 3.8) is 0 Å². The van der Waals surface area contributed by atoms with Gasteiger partial charge in [-0.25, -0.2) is 4.39 Å². The molecule has 102 valence electrons. The summed E-state index contributed by atoms with van der Waals surface area (Å²) >= 11 is 3.29. The smallest absolute Gasteiger partial charge is 0.255 e. The van der Waals surface area contributed by atoms with Gasteiger partial charge in [0.15, 0.2) is 0 Å². The van der Waals surface area contributed by atoms with E-state index in [2.05, 4.69) is 21.2 Å². The maximum Gasteiger partial charge on any atom is 0.255 e. The Balaban J connectivity index is 1.90. The number of carbonyl (C=O) groups is 1. The van der Waals surface area contributed by atoms with E-state index in [1.807, 2.05) is 4.90 Å². The molecule has 3 rings (SSSR count). The lowest BCUT2D eigenvalue weighted by atomic mass is 10.1. The summed E-state index contributed by atoms with van der Waals surface area (Å²) in [6.07, 6.45) is 3.14. The number of fused-ring (bicyclic) bond motifs is 2. The summed E-state index contributed by atoms with van der Waals surface area (Å²) in [5, 5.41) is 3.37. The van der Waals surface area contributed by atoms with Gasteiger partial charge >= 0.3 is 0 Å². The molecule has 2 bridgehead atoms. The Hall–Kier alpha value is -0.940. The fourth-order valence-corrected chi connectivity index (χ4v) is 3.64. The van der Waals surface area contributed by atoms with Crippen LogP contribution in [-0.4, -0.2) is 36.0 Å². The summed E-state index contributed by atoms with van der Waals surface area (Å²) in [6.45, 7) is 1.83. The lowest BCUT2D eigenvalue weighted by Gasteiger charge is -2.28. The summed E-state index contributed by atoms with van der Waals surface area (Å²) in [7, 11) is 0. The van der Waals surface area contributed by atoms with Gasteiger partial charge in [0, 0.05) is 23.1 Å². The molecule has 0 spiro atoms. The normalized spacial score (nSPS) is 26.3. The van der Waals surface area contributed by atoms with Crippen molar-refractivity contribution in [3.05, 3.63) is 34.1 Å². The second-order valence-electron chi connectivity index (χ2n) is 5.21. The van der Waals surface area contributed by atoms with Crippen LogP contribution >= 0.6 is 15.9 Å². The monoisotopic (exact) mass is 326 g/mol. The first kappa shape index (κ1) is 13.1. The van der Waals surface area contributed by atoms with Crippen LogP contribution in [0.1, 0.15) is 29.6 Å². The summed E-state index contributed by atoms with van der Waals surface area (Å²) in [4.78, 5) is 14.7. The molecule has 0 aliphatic carbocycles. The summed E-state index contributed by atoms with van der Waals surface area (Å²) in [5.74, 6) is -0.313. The van der Waals surface area contributed by atoms with Gasteiger partial charge in [-0.05, 0) is 59.9 Å². The van der Waals surface area contributed by atoms with Crippen LogP contribution in [0.2, 0.25) is 0 Å². The van der Waals surface area contributed by atoms with Gasteiger partial charge in [0.1, 0.15) is 5.82 Å². The molecule has 0 saturated carbocycles. The van der Waals surface area contributed by atoms with Crippen LogP contribution < -0.4 is 5.32 Å². The number of rotatable bonds is 1. The molecule has 0 radical (unpaired) electrons. The molecule has 1 amide bonds. The number of nitrogens with one attached hydrogen (secondary N) is 1. The standard InChI is InChI=1S/C14H16BrFN2O/c15-13-7-9(16)1-4-12(13)14(19)18-10-2-3-11(18)8-17-6-5-10/h1,4,7,10-11,17H,2-3,5-6,8H2. The maximum atomic E-state index is 13.1. The minimum Gasteiger partial charge on any atom is -0.331 e. The Morgan fingerprint density at radius 3 is 2.89 bits per heavy atom. The Labute approximate surface area is 120 Å². The van der Waals surface area contributed by atoms with Crippen LogP contribution in [0.3, 0.4) is 0 Å². The van der Waals surface area contributed by atoms with E-state index in [1.54, 1.807) is 6.07 Å². The van der Waals surface area contributed by atoms with Crippen LogP contribution in [-0.2, 0) is 0 Å². The van der Waals surface area contributed by atoms with Gasteiger partial charge in [0.05, 0.1) is 5.56 Å². The summed E-state index contributed by atoms with van der Waals surface area (Å²) < 4.78 is 13.7. The van der Waals surface area contributed by atoms with Gasteiger partial charge in [-0.3, -0.25) is 4.79 Å². The van der Waals surface area contributed by atoms with Crippen molar-refractivity contribution in [1.82, 2.24) is 10.2 Å². The first-order valence-electron chi connectivity index (χ1n) is 6.65. The topological polar surface area (TPSA) is 32.3 Å². The van der Waals surface area contributed by atoms with Gasteiger partial charge in [0.2, 0.25) is 0 Å². The number of benzene rings is 1. The van der Waals surface area contributed by atoms with Crippen molar-refractivity contribution in [2.75, 3.05) is 13.1 Å². The SMILES string of the molecule is O=C(c1ccc(F)cc1Br)N1C2CCNCC1CC2. The molecule has 1 N–H and O–H groups in total. The number of halogens is 2. The largest absolute Gasteiger partial charge is 0.331 e. The predicted molar refractivity (Wildman–Crippen MR) is 74.6 cm³/mol. The fourth-order valence-electron chi connectivity index (χ4n) is 3.12. The maximum absolute atomic E-state index is 13.1. The molecule has 2 fully saturated rings. The molecular formula is C14H16BrFN2O. The van der Waals surface area contributed by atoms with E-state index in [0.29, 0.717) is 16.1 Å². The zero-order chi connectivity index (χ0) is 13.4. The minimum atomic E-state index is -0.330. The fraction of sp³-hybridized carbons (Fsp3) is 0.500. The van der Waals surface area contributed by atoms with E-state index >= 15 is 0 Å². The average Bonchev–Trinajstić information content (AvgIpc) is 2.62. The lowest BCUT2D eigenvalue weighted by molar-refractivity contribution is 0.0679. The Morgan fingerprint density at radius 1 is 1.32 bits per heavy atom. The molecule has 2 unspecified atom stereocenters. The van der Waals surface area contributed by atoms with Crippen molar-refractivity contribution in [1.29, 1.82) is 0 Å². The molecule has 2 saturated heterocycles. The first-order valence-corrected chi connectivity index (χ1v) is 7.44. The number of carbonyl (C=O) groups excluding carboxylic acids is 1. The van der Waals surface area contributed by atoms with Gasteiger partial charge in [-0.2, -0.15) is 0 Å². The Bertz CT molecular complexity index is 494. The molecular weight excluding hydrogens is 311 g/mol. The number of hydrogen-bond acceptors (Lipinski definition) is 2. The second-order valence-corrected chi connectivity index (χ2v) is 6.07. The van der Waals surface area contributed by atoms with E-state index in [1.165, 1.54) is 12.1 Å². The van der Waals surface area contributed by atoms with Gasteiger partial charge < -0.3 is 10.2 Å². The Kier molecular flexibility index (Phi) is 3.58. The number of hydrogen-bond donors (Lipinski definition) is 1. The molecule has 2 heterocycles. The van der Waals surface area contributed by atoms with E-state index in [4.69, 9.17) is 0 Å². The third-order valence-electron chi connectivity index (χ3n) is 4.05. The average molecular weight is 327 g/mol. The molecule has 1 aromatic carbocycles. The quantitative estimate of drug-likeness (QED) is 0.860. The molecule has 2 atom stereocenters. The third kappa shape index (κ3) is 2.41. The highest BCUT2D eigenvalue weighted by Crippen LogP contribution is 2.31. The molecule has 1 aromatic rings. The van der Waals surface area contributed by atoms with Crippen LogP contribution in [0.5, 0.6) is 0 Å². The van der Waals surface area contributed by atoms with Crippen LogP contribution in [0.4, 0.5) is 4.39 Å². The van der Waals surface area contributed by atoms with Crippen molar-refractivity contribution in [3.8, 4) is 0 Å². The summed E-state index contributed by atoms with van der Waals surface area (Å²) in [6, 6.07) is 4.86. The second kappa shape index (κ2) is 5.21. The molecule has 19 heavy (non-hydrogen) atoms. The highest BCUT2D eigenvalue weighted by Gasteiger charge is 2.38. The van der Waals surface area contributed by atoms with Crippen molar-refractivity contribution in [2.45, 2.75) is 31.3 Å². The molecule has 2 aliphatic rings. The van der Waals surface area contributed by atoms with E-state index in [9.17, 15) is 9.18 Å². The minimum absolute atomic E-state index is 0.0167. The van der Waals surface area contributed by atoms with Crippen molar-refractivity contribution < 1.29 is 9.18 Å². The Morgan fingerprint density at radius 2 is 2.11 bits per heavy atom. The zero-order valence-electron chi connectivity index (χ0n) is 10.5. The highest BCUT2D eigenvalue weighted by atomic mass is 79.9. The number of amides is 1. The zero-order valence-corrected chi connectivity index (χ0v) is 12.1. The summed E-state index contributed by atoms with van der Waals surface area (Å²) in [5.41, 5.74) is 0.556. The van der Waals surface area contributed by atoms with Gasteiger partial charge in [0.25, 0.3) is 5.91 Å². The van der Waals surface area contributed by atoms with E-state index in [0.717, 1.165) is 32.4 Å². The van der Waals surface area contributed by atoms with Crippen molar-refractivity contribution >= 4 is 21.8 Å². The van der Waals surface area contributed by atoms with E-state index < -0.39 is 0 Å². The molecule has 2 aliphatic heterocycles. The van der Waals surface area contributed by atoms with Gasteiger partial charge in [-0.15, -0.1) is 0 Å². The molecule has 3 nitrogen and oxygen atoms in total. The molecule has 0 aromatic heterocycles. The third-order valence-corrected chi connectivity index (χ3v) is 4.71. The van der Waals surface area contributed by atoms with Crippen LogP contribution in [0.15, 0.2) is 22.7 Å². The van der Waals surface area contributed by atoms with Crippen molar-refractivity contribution in [2.24, 2.45) is 0 Å². The van der Waals surface area contributed by atoms with Crippen LogP contribution in [0.25, 0.3) is 0 Å². The molecule has 5 heteroatoms. The van der Waals surface area contributed by atoms with Crippen LogP contribution in [0, 0.1) is 5.82 Å². The predicted octanol–water partition coefficient (Wildman–Crippen LogP) is 2.55. The van der Waals surface area contributed by atoms with E-state index in [-0.39, 0.29) is 17.8 Å². The number of nitrogens with zero attached hydrogens (tertiary/aromatic N) is 1. The highest BCUT2D eigenvalue weighted by molar-refractivity contribution is 9.10. The lowest BCUT2D eigenvalue weighted by Crippen LogP contribution is -2.42. The first-order chi connectivity index (χ1) is 9.16.